The van der Waals surface area contributed by atoms with Crippen LogP contribution in [0.5, 0.6) is 0 Å². The van der Waals surface area contributed by atoms with Crippen molar-refractivity contribution in [1.82, 2.24) is 13.9 Å². The number of aryl methyl sites for hydroxylation is 1. The zero-order valence-corrected chi connectivity index (χ0v) is 14.7. The highest BCUT2D eigenvalue weighted by Crippen LogP contribution is 2.26. The van der Waals surface area contributed by atoms with Gasteiger partial charge < -0.3 is 9.30 Å². The number of rotatable bonds is 4. The third-order valence-electron chi connectivity index (χ3n) is 4.92. The first-order chi connectivity index (χ1) is 11.9. The summed E-state index contributed by atoms with van der Waals surface area (Å²) in [5.74, 6) is 0.828. The van der Waals surface area contributed by atoms with Gasteiger partial charge >= 0.3 is 5.97 Å². The molecule has 1 aromatic heterocycles. The van der Waals surface area contributed by atoms with Gasteiger partial charge in [0, 0.05) is 44.5 Å². The van der Waals surface area contributed by atoms with Crippen molar-refractivity contribution in [2.24, 2.45) is 5.92 Å². The number of carbonyl (C=O) groups excluding carboxylic acids is 1. The van der Waals surface area contributed by atoms with Crippen molar-refractivity contribution in [1.29, 1.82) is 0 Å². The maximum absolute atomic E-state index is 12.9. The standard InChI is InChI=1S/C17H19N3O4S/c1-19(9-12-2-5-16-18-6-7-20(16)10-12)25(22,23)14-4-3-13-11-24-17(21)15(13)8-14/h3-4,6-8,12H,2,5,9-11H2,1H3. The summed E-state index contributed by atoms with van der Waals surface area (Å²) in [6.45, 7) is 1.41. The van der Waals surface area contributed by atoms with Gasteiger partial charge in [0.25, 0.3) is 0 Å². The van der Waals surface area contributed by atoms with Gasteiger partial charge in [-0.1, -0.05) is 6.07 Å². The Kier molecular flexibility index (Phi) is 3.88. The van der Waals surface area contributed by atoms with Crippen molar-refractivity contribution in [3.05, 3.63) is 47.5 Å². The summed E-state index contributed by atoms with van der Waals surface area (Å²) in [5.41, 5.74) is 1.07. The van der Waals surface area contributed by atoms with Crippen LogP contribution in [0.25, 0.3) is 0 Å². The Bertz CT molecular complexity index is 935. The van der Waals surface area contributed by atoms with Crippen LogP contribution in [0.15, 0.2) is 35.5 Å². The van der Waals surface area contributed by atoms with Crippen LogP contribution in [0.1, 0.15) is 28.2 Å². The Morgan fingerprint density at radius 1 is 1.40 bits per heavy atom. The third kappa shape index (κ3) is 2.85. The number of ether oxygens (including phenoxy) is 1. The maximum Gasteiger partial charge on any atom is 0.338 e. The minimum atomic E-state index is -3.65. The van der Waals surface area contributed by atoms with Crippen LogP contribution in [0.2, 0.25) is 0 Å². The molecule has 0 radical (unpaired) electrons. The van der Waals surface area contributed by atoms with E-state index in [-0.39, 0.29) is 17.4 Å². The number of fused-ring (bicyclic) bond motifs is 2. The number of esters is 1. The highest BCUT2D eigenvalue weighted by molar-refractivity contribution is 7.89. The van der Waals surface area contributed by atoms with Gasteiger partial charge in [0.1, 0.15) is 12.4 Å². The summed E-state index contributed by atoms with van der Waals surface area (Å²) in [7, 11) is -2.06. The van der Waals surface area contributed by atoms with Crippen molar-refractivity contribution >= 4 is 16.0 Å². The first kappa shape index (κ1) is 16.3. The molecule has 0 aliphatic carbocycles. The van der Waals surface area contributed by atoms with E-state index in [4.69, 9.17) is 4.74 Å². The number of nitrogens with zero attached hydrogens (tertiary/aromatic N) is 3. The van der Waals surface area contributed by atoms with Crippen molar-refractivity contribution in [2.45, 2.75) is 30.9 Å². The fourth-order valence-corrected chi connectivity index (χ4v) is 4.75. The molecule has 3 heterocycles. The molecule has 2 aliphatic rings. The van der Waals surface area contributed by atoms with Crippen molar-refractivity contribution in [3.8, 4) is 0 Å². The van der Waals surface area contributed by atoms with Gasteiger partial charge in [-0.3, -0.25) is 0 Å². The van der Waals surface area contributed by atoms with Crippen LogP contribution in [0.3, 0.4) is 0 Å². The quantitative estimate of drug-likeness (QED) is 0.770. The van der Waals surface area contributed by atoms with Crippen molar-refractivity contribution in [2.75, 3.05) is 13.6 Å². The Hall–Kier alpha value is -2.19. The van der Waals surface area contributed by atoms with Crippen LogP contribution in [0.4, 0.5) is 0 Å². The minimum absolute atomic E-state index is 0.131. The van der Waals surface area contributed by atoms with Gasteiger partial charge in [-0.25, -0.2) is 22.5 Å². The van der Waals surface area contributed by atoms with Gasteiger partial charge in [-0.15, -0.1) is 0 Å². The molecule has 1 aromatic carbocycles. The predicted octanol–water partition coefficient (Wildman–Crippen LogP) is 1.44. The SMILES string of the molecule is CN(CC1CCc2nccn2C1)S(=O)(=O)c1ccc2c(c1)C(=O)OC2. The lowest BCUT2D eigenvalue weighted by Gasteiger charge is -2.27. The number of carbonyl (C=O) groups is 1. The summed E-state index contributed by atoms with van der Waals surface area (Å²) in [4.78, 5) is 16.1. The van der Waals surface area contributed by atoms with Gasteiger partial charge in [-0.2, -0.15) is 0 Å². The molecule has 1 unspecified atom stereocenters. The number of aromatic nitrogens is 2. The topological polar surface area (TPSA) is 81.5 Å². The second-order valence-corrected chi connectivity index (χ2v) is 8.63. The zero-order chi connectivity index (χ0) is 17.6. The van der Waals surface area contributed by atoms with E-state index >= 15 is 0 Å². The molecule has 0 amide bonds. The first-order valence-corrected chi connectivity index (χ1v) is 9.65. The number of hydrogen-bond acceptors (Lipinski definition) is 5. The van der Waals surface area contributed by atoms with Crippen LogP contribution >= 0.6 is 0 Å². The Labute approximate surface area is 146 Å². The number of cyclic esters (lactones) is 1. The summed E-state index contributed by atoms with van der Waals surface area (Å²) in [5, 5.41) is 0. The Balaban J connectivity index is 1.52. The average molecular weight is 361 g/mol. The molecule has 25 heavy (non-hydrogen) atoms. The fourth-order valence-electron chi connectivity index (χ4n) is 3.48. The van der Waals surface area contributed by atoms with E-state index in [1.165, 1.54) is 10.4 Å². The number of benzene rings is 1. The molecule has 0 fully saturated rings. The zero-order valence-electron chi connectivity index (χ0n) is 13.9. The molecular weight excluding hydrogens is 342 g/mol. The number of sulfonamides is 1. The largest absolute Gasteiger partial charge is 0.457 e. The minimum Gasteiger partial charge on any atom is -0.457 e. The molecule has 8 heteroatoms. The van der Waals surface area contributed by atoms with Crippen LogP contribution in [-0.2, 0) is 34.3 Å². The van der Waals surface area contributed by atoms with Gasteiger partial charge in [-0.05, 0) is 24.5 Å². The third-order valence-corrected chi connectivity index (χ3v) is 6.74. The molecule has 0 spiro atoms. The molecule has 2 aromatic rings. The van der Waals surface area contributed by atoms with Crippen molar-refractivity contribution in [3.63, 3.8) is 0 Å². The summed E-state index contributed by atoms with van der Waals surface area (Å²) in [6, 6.07) is 4.62. The normalized spacial score (nSPS) is 19.6. The second kappa shape index (κ2) is 5.96. The average Bonchev–Trinajstić information content (AvgIpc) is 3.21. The molecule has 0 bridgehead atoms. The fraction of sp³-hybridized carbons (Fsp3) is 0.412. The molecule has 0 saturated heterocycles. The smallest absolute Gasteiger partial charge is 0.338 e. The van der Waals surface area contributed by atoms with E-state index in [0.29, 0.717) is 12.1 Å². The predicted molar refractivity (Wildman–Crippen MR) is 89.4 cm³/mol. The molecular formula is C17H19N3O4S. The van der Waals surface area contributed by atoms with E-state index in [1.54, 1.807) is 25.4 Å². The summed E-state index contributed by atoms with van der Waals surface area (Å²) < 4.78 is 34.1. The van der Waals surface area contributed by atoms with Crippen LogP contribution in [-0.4, -0.2) is 41.8 Å². The lowest BCUT2D eigenvalue weighted by atomic mass is 10.00. The number of imidazole rings is 1. The molecule has 0 N–H and O–H groups in total. The van der Waals surface area contributed by atoms with Crippen LogP contribution in [0, 0.1) is 5.92 Å². The molecule has 2 aliphatic heterocycles. The van der Waals surface area contributed by atoms with Gasteiger partial charge in [0.05, 0.1) is 10.5 Å². The Morgan fingerprint density at radius 3 is 3.08 bits per heavy atom. The Morgan fingerprint density at radius 2 is 2.24 bits per heavy atom. The van der Waals surface area contributed by atoms with E-state index in [2.05, 4.69) is 9.55 Å². The highest BCUT2D eigenvalue weighted by atomic mass is 32.2. The molecule has 4 rings (SSSR count). The van der Waals surface area contributed by atoms with Gasteiger partial charge in [0.2, 0.25) is 10.0 Å². The molecule has 0 saturated carbocycles. The second-order valence-electron chi connectivity index (χ2n) is 6.58. The first-order valence-electron chi connectivity index (χ1n) is 8.21. The molecule has 7 nitrogen and oxygen atoms in total. The highest BCUT2D eigenvalue weighted by Gasteiger charge is 2.29. The summed E-state index contributed by atoms with van der Waals surface area (Å²) >= 11 is 0. The van der Waals surface area contributed by atoms with Crippen LogP contribution < -0.4 is 0 Å². The van der Waals surface area contributed by atoms with Gasteiger partial charge in [0.15, 0.2) is 0 Å². The van der Waals surface area contributed by atoms with E-state index < -0.39 is 16.0 Å². The van der Waals surface area contributed by atoms with Crippen molar-refractivity contribution < 1.29 is 17.9 Å². The molecule has 132 valence electrons. The van der Waals surface area contributed by atoms with E-state index in [9.17, 15) is 13.2 Å². The monoisotopic (exact) mass is 361 g/mol. The lowest BCUT2D eigenvalue weighted by Crippen LogP contribution is -2.35. The number of hydrogen-bond donors (Lipinski definition) is 0. The maximum atomic E-state index is 12.9. The summed E-state index contributed by atoms with van der Waals surface area (Å²) in [6.07, 6.45) is 5.48. The van der Waals surface area contributed by atoms with E-state index in [0.717, 1.165) is 30.8 Å². The molecule has 1 atom stereocenters. The lowest BCUT2D eigenvalue weighted by molar-refractivity contribution is 0.0535. The van der Waals surface area contributed by atoms with E-state index in [1.807, 2.05) is 6.20 Å².